The Morgan fingerprint density at radius 2 is 2.14 bits per heavy atom. The van der Waals surface area contributed by atoms with Gasteiger partial charge in [0.25, 0.3) is 0 Å². The lowest BCUT2D eigenvalue weighted by molar-refractivity contribution is -0.143. The first-order chi connectivity index (χ1) is 6.61. The molecule has 1 heterocycles. The molecule has 0 radical (unpaired) electrons. The number of carbonyl (C=O) groups excluding carboxylic acids is 2. The summed E-state index contributed by atoms with van der Waals surface area (Å²) in [6, 6.07) is 0. The van der Waals surface area contributed by atoms with E-state index in [0.717, 1.165) is 0 Å². The van der Waals surface area contributed by atoms with Gasteiger partial charge in [-0.05, 0) is 0 Å². The fraction of sp³-hybridized carbons (Fsp3) is 0.667. The zero-order valence-corrected chi connectivity index (χ0v) is 7.69. The molecule has 5 nitrogen and oxygen atoms in total. The summed E-state index contributed by atoms with van der Waals surface area (Å²) in [4.78, 5) is 32.8. The molecule has 0 saturated carbocycles. The van der Waals surface area contributed by atoms with Crippen LogP contribution >= 0.6 is 0 Å². The summed E-state index contributed by atoms with van der Waals surface area (Å²) in [5.74, 6) is -2.21. The van der Waals surface area contributed by atoms with E-state index in [2.05, 4.69) is 0 Å². The summed E-state index contributed by atoms with van der Waals surface area (Å²) in [5.41, 5.74) is 0. The summed E-state index contributed by atoms with van der Waals surface area (Å²) in [7, 11) is 0. The molecular weight excluding hydrogens is 188 g/mol. The molecule has 78 valence electrons. The van der Waals surface area contributed by atoms with Crippen LogP contribution in [0.15, 0.2) is 0 Å². The van der Waals surface area contributed by atoms with Crippen LogP contribution in [-0.4, -0.2) is 35.9 Å². The van der Waals surface area contributed by atoms with Crippen molar-refractivity contribution in [3.8, 4) is 0 Å². The first-order valence-electron chi connectivity index (χ1n) is 4.46. The first kappa shape index (κ1) is 10.8. The van der Waals surface area contributed by atoms with Crippen LogP contribution in [0.3, 0.4) is 0 Å². The smallest absolute Gasteiger partial charge is 0.303 e. The molecule has 0 aromatic heterocycles. The third-order valence-electron chi connectivity index (χ3n) is 2.14. The minimum Gasteiger partial charge on any atom is -0.481 e. The van der Waals surface area contributed by atoms with Gasteiger partial charge in [-0.1, -0.05) is 0 Å². The second-order valence-electron chi connectivity index (χ2n) is 3.20. The highest BCUT2D eigenvalue weighted by atomic mass is 16.5. The quantitative estimate of drug-likeness (QED) is 0.647. The van der Waals surface area contributed by atoms with Crippen LogP contribution in [0.25, 0.3) is 0 Å². The lowest BCUT2D eigenvalue weighted by Crippen LogP contribution is -2.34. The van der Waals surface area contributed by atoms with E-state index in [0.29, 0.717) is 6.61 Å². The van der Waals surface area contributed by atoms with Gasteiger partial charge in [-0.25, -0.2) is 0 Å². The van der Waals surface area contributed by atoms with Crippen molar-refractivity contribution in [2.45, 2.75) is 19.3 Å². The van der Waals surface area contributed by atoms with Crippen LogP contribution in [0.4, 0.5) is 0 Å². The van der Waals surface area contributed by atoms with E-state index < -0.39 is 11.9 Å². The Hall–Kier alpha value is -1.23. The van der Waals surface area contributed by atoms with Crippen LogP contribution < -0.4 is 0 Å². The molecule has 0 spiro atoms. The molecule has 0 bridgehead atoms. The second-order valence-corrected chi connectivity index (χ2v) is 3.20. The molecule has 0 aliphatic carbocycles. The van der Waals surface area contributed by atoms with E-state index in [1.54, 1.807) is 0 Å². The van der Waals surface area contributed by atoms with Crippen LogP contribution in [0.1, 0.15) is 19.3 Å². The van der Waals surface area contributed by atoms with Gasteiger partial charge in [0.15, 0.2) is 0 Å². The largest absolute Gasteiger partial charge is 0.481 e. The third-order valence-corrected chi connectivity index (χ3v) is 2.14. The van der Waals surface area contributed by atoms with E-state index in [9.17, 15) is 14.4 Å². The predicted molar refractivity (Wildman–Crippen MR) is 45.8 cm³/mol. The van der Waals surface area contributed by atoms with Gasteiger partial charge in [-0.2, -0.15) is 0 Å². The van der Waals surface area contributed by atoms with Gasteiger partial charge in [0.1, 0.15) is 11.6 Å². The van der Waals surface area contributed by atoms with Gasteiger partial charge in [-0.15, -0.1) is 0 Å². The van der Waals surface area contributed by atoms with E-state index in [-0.39, 0.29) is 37.4 Å². The highest BCUT2D eigenvalue weighted by Gasteiger charge is 2.29. The van der Waals surface area contributed by atoms with E-state index in [4.69, 9.17) is 9.84 Å². The summed E-state index contributed by atoms with van der Waals surface area (Å²) in [6.07, 6.45) is -0.0544. The number of rotatable bonds is 4. The number of carboxylic acids is 1. The number of carbonyl (C=O) groups is 3. The zero-order chi connectivity index (χ0) is 10.6. The third kappa shape index (κ3) is 2.92. The molecule has 1 N–H and O–H groups in total. The minimum atomic E-state index is -1.03. The van der Waals surface area contributed by atoms with Crippen molar-refractivity contribution in [2.24, 2.45) is 5.92 Å². The number of carboxylic acid groups (broad SMARTS) is 1. The summed E-state index contributed by atoms with van der Waals surface area (Å²) in [6.45, 7) is 0.471. The Kier molecular flexibility index (Phi) is 3.76. The van der Waals surface area contributed by atoms with Gasteiger partial charge in [0.2, 0.25) is 0 Å². The lowest BCUT2D eigenvalue weighted by Gasteiger charge is -2.19. The van der Waals surface area contributed by atoms with Crippen LogP contribution in [-0.2, 0) is 19.1 Å². The molecule has 14 heavy (non-hydrogen) atoms. The molecule has 1 aliphatic rings. The standard InChI is InChI=1S/C9H12O5/c10-7(1-2-9(12)13)6-5-14-4-3-8(6)11/h6H,1-5H2,(H,12,13). The van der Waals surface area contributed by atoms with Crippen molar-refractivity contribution < 1.29 is 24.2 Å². The summed E-state index contributed by atoms with van der Waals surface area (Å²) in [5, 5.41) is 8.36. The maximum atomic E-state index is 11.3. The number of Topliss-reactive ketones (excluding diaryl/α,β-unsaturated/α-hetero) is 2. The van der Waals surface area contributed by atoms with Crippen molar-refractivity contribution in [3.05, 3.63) is 0 Å². The van der Waals surface area contributed by atoms with Crippen molar-refractivity contribution in [1.29, 1.82) is 0 Å². The monoisotopic (exact) mass is 200 g/mol. The van der Waals surface area contributed by atoms with Gasteiger partial charge < -0.3 is 9.84 Å². The Morgan fingerprint density at radius 1 is 1.43 bits per heavy atom. The SMILES string of the molecule is O=C(O)CCC(=O)C1COCCC1=O. The molecule has 1 atom stereocenters. The van der Waals surface area contributed by atoms with Crippen molar-refractivity contribution in [2.75, 3.05) is 13.2 Å². The van der Waals surface area contributed by atoms with Gasteiger partial charge in [0, 0.05) is 12.8 Å². The van der Waals surface area contributed by atoms with Crippen molar-refractivity contribution in [3.63, 3.8) is 0 Å². The predicted octanol–water partition coefficient (Wildman–Crippen LogP) is 0.0259. The Labute approximate surface area is 81.0 Å². The highest BCUT2D eigenvalue weighted by molar-refractivity contribution is 6.03. The molecule has 5 heteroatoms. The van der Waals surface area contributed by atoms with E-state index >= 15 is 0 Å². The molecule has 1 saturated heterocycles. The number of hydrogen-bond donors (Lipinski definition) is 1. The minimum absolute atomic E-state index is 0.0882. The molecule has 0 aromatic carbocycles. The molecule has 1 unspecified atom stereocenters. The number of aliphatic carboxylic acids is 1. The van der Waals surface area contributed by atoms with E-state index in [1.165, 1.54) is 0 Å². The average Bonchev–Trinajstić information content (AvgIpc) is 2.15. The second kappa shape index (κ2) is 4.85. The summed E-state index contributed by atoms with van der Waals surface area (Å²) < 4.78 is 4.99. The Balaban J connectivity index is 2.42. The maximum absolute atomic E-state index is 11.3. The zero-order valence-electron chi connectivity index (χ0n) is 7.69. The topological polar surface area (TPSA) is 80.7 Å². The molecular formula is C9H12O5. The molecule has 1 rings (SSSR count). The number of hydrogen-bond acceptors (Lipinski definition) is 4. The van der Waals surface area contributed by atoms with Gasteiger partial charge in [-0.3, -0.25) is 14.4 Å². The van der Waals surface area contributed by atoms with Gasteiger partial charge >= 0.3 is 5.97 Å². The van der Waals surface area contributed by atoms with Crippen LogP contribution in [0.2, 0.25) is 0 Å². The number of ether oxygens (including phenoxy) is 1. The van der Waals surface area contributed by atoms with Crippen molar-refractivity contribution in [1.82, 2.24) is 0 Å². The van der Waals surface area contributed by atoms with E-state index in [1.807, 2.05) is 0 Å². The molecule has 1 fully saturated rings. The van der Waals surface area contributed by atoms with Crippen LogP contribution in [0.5, 0.6) is 0 Å². The molecule has 1 aliphatic heterocycles. The molecule has 0 amide bonds. The number of ketones is 2. The normalized spacial score (nSPS) is 22.0. The first-order valence-corrected chi connectivity index (χ1v) is 4.46. The lowest BCUT2D eigenvalue weighted by atomic mass is 9.93. The van der Waals surface area contributed by atoms with Crippen molar-refractivity contribution >= 4 is 17.5 Å². The maximum Gasteiger partial charge on any atom is 0.303 e. The average molecular weight is 200 g/mol. The van der Waals surface area contributed by atoms with Gasteiger partial charge in [0.05, 0.1) is 25.6 Å². The Morgan fingerprint density at radius 3 is 2.71 bits per heavy atom. The fourth-order valence-corrected chi connectivity index (χ4v) is 1.32. The summed E-state index contributed by atoms with van der Waals surface area (Å²) >= 11 is 0. The molecule has 0 aromatic rings. The fourth-order valence-electron chi connectivity index (χ4n) is 1.32. The van der Waals surface area contributed by atoms with Crippen LogP contribution in [0, 0.1) is 5.92 Å². The Bertz CT molecular complexity index is 258. The highest BCUT2D eigenvalue weighted by Crippen LogP contribution is 2.13.